The second-order valence-corrected chi connectivity index (χ2v) is 6.46. The summed E-state index contributed by atoms with van der Waals surface area (Å²) in [5.41, 5.74) is -2.57. The lowest BCUT2D eigenvalue weighted by molar-refractivity contribution is -0.139. The van der Waals surface area contributed by atoms with E-state index in [9.17, 15) is 27.6 Å². The van der Waals surface area contributed by atoms with E-state index in [1.165, 1.54) is 6.26 Å². The van der Waals surface area contributed by atoms with E-state index in [0.29, 0.717) is 32.0 Å². The number of likely N-dealkylation sites (tertiary alicyclic amines) is 1. The van der Waals surface area contributed by atoms with E-state index in [1.54, 1.807) is 17.0 Å². The van der Waals surface area contributed by atoms with Gasteiger partial charge in [-0.1, -0.05) is 0 Å². The van der Waals surface area contributed by atoms with Crippen LogP contribution in [0.1, 0.15) is 29.0 Å². The molecular weight excluding hydrogens is 379 g/mol. The number of alkyl halides is 3. The van der Waals surface area contributed by atoms with Crippen LogP contribution in [0.4, 0.5) is 13.2 Å². The molecule has 150 valence electrons. The summed E-state index contributed by atoms with van der Waals surface area (Å²) in [5, 5.41) is 2.71. The van der Waals surface area contributed by atoms with Gasteiger partial charge in [-0.3, -0.25) is 14.4 Å². The monoisotopic (exact) mass is 397 g/mol. The van der Waals surface area contributed by atoms with E-state index in [4.69, 9.17) is 4.42 Å². The Balaban J connectivity index is 1.54. The van der Waals surface area contributed by atoms with Crippen molar-refractivity contribution in [3.63, 3.8) is 0 Å². The third-order valence-corrected chi connectivity index (χ3v) is 4.52. The third kappa shape index (κ3) is 4.44. The molecule has 1 saturated heterocycles. The lowest BCUT2D eigenvalue weighted by atomic mass is 10.0. The van der Waals surface area contributed by atoms with E-state index in [0.717, 1.165) is 16.8 Å². The summed E-state index contributed by atoms with van der Waals surface area (Å²) in [4.78, 5) is 37.8. The molecule has 0 radical (unpaired) electrons. The minimum Gasteiger partial charge on any atom is -0.459 e. The summed E-state index contributed by atoms with van der Waals surface area (Å²) in [7, 11) is 0. The number of pyridine rings is 1. The van der Waals surface area contributed by atoms with Crippen LogP contribution in [0.25, 0.3) is 0 Å². The number of hydrogen-bond donors (Lipinski definition) is 1. The van der Waals surface area contributed by atoms with Gasteiger partial charge in [-0.15, -0.1) is 0 Å². The molecule has 0 unspecified atom stereocenters. The zero-order valence-corrected chi connectivity index (χ0v) is 14.7. The summed E-state index contributed by atoms with van der Waals surface area (Å²) in [6, 6.07) is 4.73. The van der Waals surface area contributed by atoms with E-state index in [-0.39, 0.29) is 17.7 Å². The van der Waals surface area contributed by atoms with Gasteiger partial charge in [0.1, 0.15) is 12.1 Å². The molecular formula is C18H18F3N3O4. The highest BCUT2D eigenvalue weighted by molar-refractivity contribution is 5.91. The van der Waals surface area contributed by atoms with Crippen molar-refractivity contribution in [2.75, 3.05) is 13.1 Å². The highest BCUT2D eigenvalue weighted by Crippen LogP contribution is 2.26. The Kier molecular flexibility index (Phi) is 5.57. The number of hydrogen-bond acceptors (Lipinski definition) is 4. The molecule has 1 aliphatic rings. The highest BCUT2D eigenvalue weighted by Gasteiger charge is 2.34. The standard InChI is InChI=1S/C18H18F3N3O4/c19-18(20,21)13-3-1-7-24(16(13)26)11-15(25)22-12-5-8-23(9-6-12)17(27)14-4-2-10-28-14/h1-4,7,10,12H,5-6,8-9,11H2,(H,22,25). The van der Waals surface area contributed by atoms with Crippen LogP contribution in [0.3, 0.4) is 0 Å². The lowest BCUT2D eigenvalue weighted by Gasteiger charge is -2.31. The van der Waals surface area contributed by atoms with Gasteiger partial charge in [-0.2, -0.15) is 13.2 Å². The molecule has 1 N–H and O–H groups in total. The summed E-state index contributed by atoms with van der Waals surface area (Å²) < 4.78 is 44.2. The molecule has 0 aromatic carbocycles. The van der Waals surface area contributed by atoms with Gasteiger partial charge in [-0.05, 0) is 37.1 Å². The molecule has 0 bridgehead atoms. The minimum atomic E-state index is -4.77. The van der Waals surface area contributed by atoms with Crippen molar-refractivity contribution >= 4 is 11.8 Å². The Labute approximate surface area is 157 Å². The molecule has 0 atom stereocenters. The number of nitrogens with zero attached hydrogens (tertiary/aromatic N) is 2. The zero-order chi connectivity index (χ0) is 20.3. The SMILES string of the molecule is O=C(Cn1cccc(C(F)(F)F)c1=O)NC1CCN(C(=O)c2ccco2)CC1. The van der Waals surface area contributed by atoms with Gasteiger partial charge in [0, 0.05) is 25.3 Å². The first-order chi connectivity index (χ1) is 13.3. The smallest absolute Gasteiger partial charge is 0.421 e. The maximum atomic E-state index is 12.8. The maximum absolute atomic E-state index is 12.8. The number of rotatable bonds is 4. The van der Waals surface area contributed by atoms with Crippen molar-refractivity contribution in [2.45, 2.75) is 31.6 Å². The molecule has 0 spiro atoms. The Hall–Kier alpha value is -3.04. The van der Waals surface area contributed by atoms with Gasteiger partial charge < -0.3 is 19.2 Å². The topological polar surface area (TPSA) is 84.5 Å². The van der Waals surface area contributed by atoms with Crippen LogP contribution in [-0.2, 0) is 17.5 Å². The molecule has 2 aromatic heterocycles. The van der Waals surface area contributed by atoms with Crippen LogP contribution in [0.15, 0.2) is 45.9 Å². The normalized spacial score (nSPS) is 15.5. The molecule has 1 aliphatic heterocycles. The van der Waals surface area contributed by atoms with Gasteiger partial charge >= 0.3 is 6.18 Å². The second-order valence-electron chi connectivity index (χ2n) is 6.46. The zero-order valence-electron chi connectivity index (χ0n) is 14.7. The number of nitrogens with one attached hydrogen (secondary N) is 1. The van der Waals surface area contributed by atoms with Crippen molar-refractivity contribution in [3.8, 4) is 0 Å². The Morgan fingerprint density at radius 3 is 2.50 bits per heavy atom. The number of aromatic nitrogens is 1. The van der Waals surface area contributed by atoms with E-state index in [1.807, 2.05) is 0 Å². The summed E-state index contributed by atoms with van der Waals surface area (Å²) in [6.45, 7) is 0.316. The lowest BCUT2D eigenvalue weighted by Crippen LogP contribution is -2.47. The number of halogens is 3. The van der Waals surface area contributed by atoms with Crippen molar-refractivity contribution in [1.29, 1.82) is 0 Å². The number of piperidine rings is 1. The van der Waals surface area contributed by atoms with Gasteiger partial charge in [0.25, 0.3) is 11.5 Å². The van der Waals surface area contributed by atoms with Crippen molar-refractivity contribution < 1.29 is 27.2 Å². The van der Waals surface area contributed by atoms with Crippen molar-refractivity contribution in [2.24, 2.45) is 0 Å². The minimum absolute atomic E-state index is 0.227. The van der Waals surface area contributed by atoms with Crippen LogP contribution in [-0.4, -0.2) is 40.4 Å². The van der Waals surface area contributed by atoms with Crippen LogP contribution >= 0.6 is 0 Å². The number of carbonyl (C=O) groups excluding carboxylic acids is 2. The predicted octanol–water partition coefficient (Wildman–Crippen LogP) is 1.88. The van der Waals surface area contributed by atoms with Crippen LogP contribution < -0.4 is 10.9 Å². The second kappa shape index (κ2) is 7.91. The fourth-order valence-electron chi connectivity index (χ4n) is 3.09. The van der Waals surface area contributed by atoms with Crippen molar-refractivity contribution in [3.05, 3.63) is 58.4 Å². The molecule has 1 fully saturated rings. The molecule has 2 amide bonds. The largest absolute Gasteiger partial charge is 0.459 e. The number of furan rings is 1. The number of amides is 2. The molecule has 2 aromatic rings. The summed E-state index contributed by atoms with van der Waals surface area (Å²) in [5.74, 6) is -0.547. The first kappa shape index (κ1) is 19.7. The van der Waals surface area contributed by atoms with Gasteiger partial charge in [-0.25, -0.2) is 0 Å². The first-order valence-corrected chi connectivity index (χ1v) is 8.64. The Bertz CT molecular complexity index is 898. The van der Waals surface area contributed by atoms with Gasteiger partial charge in [0.2, 0.25) is 5.91 Å². The molecule has 0 aliphatic carbocycles. The van der Waals surface area contributed by atoms with E-state index in [2.05, 4.69) is 5.32 Å². The fraction of sp³-hybridized carbons (Fsp3) is 0.389. The molecule has 0 saturated carbocycles. The van der Waals surface area contributed by atoms with Gasteiger partial charge in [0.05, 0.1) is 6.26 Å². The summed E-state index contributed by atoms with van der Waals surface area (Å²) >= 11 is 0. The molecule has 3 rings (SSSR count). The third-order valence-electron chi connectivity index (χ3n) is 4.52. The van der Waals surface area contributed by atoms with E-state index < -0.39 is 29.8 Å². The molecule has 3 heterocycles. The Morgan fingerprint density at radius 1 is 1.18 bits per heavy atom. The fourth-order valence-corrected chi connectivity index (χ4v) is 3.09. The average Bonchev–Trinajstić information content (AvgIpc) is 3.17. The van der Waals surface area contributed by atoms with Crippen LogP contribution in [0.2, 0.25) is 0 Å². The van der Waals surface area contributed by atoms with Crippen molar-refractivity contribution in [1.82, 2.24) is 14.8 Å². The first-order valence-electron chi connectivity index (χ1n) is 8.64. The number of carbonyl (C=O) groups is 2. The highest BCUT2D eigenvalue weighted by atomic mass is 19.4. The molecule has 7 nitrogen and oxygen atoms in total. The van der Waals surface area contributed by atoms with E-state index >= 15 is 0 Å². The predicted molar refractivity (Wildman–Crippen MR) is 91.5 cm³/mol. The Morgan fingerprint density at radius 2 is 1.89 bits per heavy atom. The quantitative estimate of drug-likeness (QED) is 0.854. The molecule has 10 heteroatoms. The van der Waals surface area contributed by atoms with Gasteiger partial charge in [0.15, 0.2) is 5.76 Å². The van der Waals surface area contributed by atoms with Crippen LogP contribution in [0.5, 0.6) is 0 Å². The molecule has 28 heavy (non-hydrogen) atoms. The summed E-state index contributed by atoms with van der Waals surface area (Å²) in [6.07, 6.45) is -1.23. The maximum Gasteiger partial charge on any atom is 0.421 e. The average molecular weight is 397 g/mol. The van der Waals surface area contributed by atoms with Crippen LogP contribution in [0, 0.1) is 0 Å².